The van der Waals surface area contributed by atoms with Crippen molar-refractivity contribution in [2.24, 2.45) is 0 Å². The third kappa shape index (κ3) is 4.88. The molecule has 0 heterocycles. The topological polar surface area (TPSA) is 39.7 Å². The lowest BCUT2D eigenvalue weighted by atomic mass is 10.3. The molecule has 2 aromatic carbocycles. The lowest BCUT2D eigenvalue weighted by Gasteiger charge is -2.10. The van der Waals surface area contributed by atoms with E-state index in [0.29, 0.717) is 17.2 Å². The molecule has 0 atom stereocenters. The zero-order valence-corrected chi connectivity index (χ0v) is 11.0. The normalized spacial score (nSPS) is 11.0. The fourth-order valence-corrected chi connectivity index (χ4v) is 1.59. The summed E-state index contributed by atoms with van der Waals surface area (Å²) in [5, 5.41) is 0. The molecule has 0 aromatic heterocycles. The summed E-state index contributed by atoms with van der Waals surface area (Å²) in [5.74, 6) is 0.602. The van der Waals surface area contributed by atoms with Crippen LogP contribution in [-0.2, 0) is 4.84 Å². The Kier molecular flexibility index (Phi) is 4.54. The molecule has 2 rings (SSSR count). The van der Waals surface area contributed by atoms with E-state index in [1.165, 1.54) is 31.4 Å². The van der Waals surface area contributed by atoms with E-state index < -0.39 is 6.36 Å². The quantitative estimate of drug-likeness (QED) is 0.833. The van der Waals surface area contributed by atoms with Gasteiger partial charge in [-0.15, -0.1) is 13.2 Å². The van der Waals surface area contributed by atoms with Gasteiger partial charge in [0.25, 0.3) is 0 Å². The summed E-state index contributed by atoms with van der Waals surface area (Å²) < 4.78 is 45.4. The van der Waals surface area contributed by atoms with Crippen molar-refractivity contribution in [2.75, 3.05) is 12.6 Å². The van der Waals surface area contributed by atoms with Crippen molar-refractivity contribution in [1.82, 2.24) is 0 Å². The summed E-state index contributed by atoms with van der Waals surface area (Å²) in [6.45, 7) is 0. The highest BCUT2D eigenvalue weighted by Gasteiger charge is 2.30. The lowest BCUT2D eigenvalue weighted by Crippen LogP contribution is -2.16. The number of benzene rings is 2. The predicted molar refractivity (Wildman–Crippen MR) is 70.3 cm³/mol. The van der Waals surface area contributed by atoms with Gasteiger partial charge in [-0.3, -0.25) is 10.3 Å². The van der Waals surface area contributed by atoms with Gasteiger partial charge >= 0.3 is 6.36 Å². The summed E-state index contributed by atoms with van der Waals surface area (Å²) in [5.41, 5.74) is 3.33. The van der Waals surface area contributed by atoms with Gasteiger partial charge in [0, 0.05) is 6.07 Å². The van der Waals surface area contributed by atoms with E-state index in [2.05, 4.69) is 10.2 Å². The molecule has 1 N–H and O–H groups in total. The SMILES string of the molecule is CONc1cccc(Oc2ccc(OC(F)(F)F)cc2)c1. The Bertz CT molecular complexity index is 585. The Balaban J connectivity index is 2.04. The van der Waals surface area contributed by atoms with Crippen LogP contribution in [0, 0.1) is 0 Å². The molecular weight excluding hydrogens is 287 g/mol. The summed E-state index contributed by atoms with van der Waals surface area (Å²) in [6.07, 6.45) is -4.71. The van der Waals surface area contributed by atoms with Crippen LogP contribution in [0.1, 0.15) is 0 Å². The van der Waals surface area contributed by atoms with Gasteiger partial charge in [0.2, 0.25) is 0 Å². The highest BCUT2D eigenvalue weighted by molar-refractivity contribution is 5.47. The van der Waals surface area contributed by atoms with Gasteiger partial charge in [0.05, 0.1) is 12.8 Å². The number of alkyl halides is 3. The Morgan fingerprint density at radius 1 is 0.905 bits per heavy atom. The van der Waals surface area contributed by atoms with Crippen molar-refractivity contribution in [2.45, 2.75) is 6.36 Å². The van der Waals surface area contributed by atoms with Gasteiger partial charge in [-0.2, -0.15) is 0 Å². The van der Waals surface area contributed by atoms with Crippen molar-refractivity contribution in [1.29, 1.82) is 0 Å². The van der Waals surface area contributed by atoms with Crippen LogP contribution in [0.25, 0.3) is 0 Å². The summed E-state index contributed by atoms with van der Waals surface area (Å²) in [7, 11) is 1.48. The predicted octanol–water partition coefficient (Wildman–Crippen LogP) is 4.35. The smallest absolute Gasteiger partial charge is 0.457 e. The van der Waals surface area contributed by atoms with E-state index in [1.54, 1.807) is 24.3 Å². The van der Waals surface area contributed by atoms with Crippen LogP contribution in [-0.4, -0.2) is 13.5 Å². The summed E-state index contributed by atoms with van der Waals surface area (Å²) in [4.78, 5) is 4.77. The summed E-state index contributed by atoms with van der Waals surface area (Å²) >= 11 is 0. The average molecular weight is 299 g/mol. The molecule has 112 valence electrons. The third-order valence-electron chi connectivity index (χ3n) is 2.35. The van der Waals surface area contributed by atoms with E-state index in [4.69, 9.17) is 9.57 Å². The Morgan fingerprint density at radius 3 is 2.19 bits per heavy atom. The van der Waals surface area contributed by atoms with Crippen LogP contribution in [0.5, 0.6) is 17.2 Å². The number of nitrogens with one attached hydrogen (secondary N) is 1. The van der Waals surface area contributed by atoms with Crippen LogP contribution in [0.4, 0.5) is 18.9 Å². The minimum atomic E-state index is -4.71. The third-order valence-corrected chi connectivity index (χ3v) is 2.35. The van der Waals surface area contributed by atoms with Crippen molar-refractivity contribution in [3.63, 3.8) is 0 Å². The van der Waals surface area contributed by atoms with Crippen LogP contribution >= 0.6 is 0 Å². The van der Waals surface area contributed by atoms with Gasteiger partial charge in [0.1, 0.15) is 17.2 Å². The van der Waals surface area contributed by atoms with Gasteiger partial charge in [0.15, 0.2) is 0 Å². The monoisotopic (exact) mass is 299 g/mol. The van der Waals surface area contributed by atoms with Crippen LogP contribution in [0.2, 0.25) is 0 Å². The first-order chi connectivity index (χ1) is 9.96. The Labute approximate surface area is 119 Å². The number of anilines is 1. The standard InChI is InChI=1S/C14H12F3NO3/c1-19-18-10-3-2-4-13(9-10)20-11-5-7-12(8-6-11)21-14(15,16)17/h2-9,18H,1H3. The zero-order chi connectivity index (χ0) is 15.3. The maximum atomic E-state index is 12.0. The summed E-state index contributed by atoms with van der Waals surface area (Å²) in [6, 6.07) is 12.0. The number of hydrogen-bond acceptors (Lipinski definition) is 4. The van der Waals surface area contributed by atoms with Crippen molar-refractivity contribution in [3.8, 4) is 17.2 Å². The minimum absolute atomic E-state index is 0.301. The van der Waals surface area contributed by atoms with Crippen molar-refractivity contribution < 1.29 is 27.5 Å². The zero-order valence-electron chi connectivity index (χ0n) is 11.0. The van der Waals surface area contributed by atoms with Crippen LogP contribution < -0.4 is 15.0 Å². The first-order valence-electron chi connectivity index (χ1n) is 5.89. The fourth-order valence-electron chi connectivity index (χ4n) is 1.59. The highest BCUT2D eigenvalue weighted by atomic mass is 19.4. The molecule has 0 radical (unpaired) electrons. The second-order valence-corrected chi connectivity index (χ2v) is 3.96. The van der Waals surface area contributed by atoms with Gasteiger partial charge in [-0.05, 0) is 36.4 Å². The molecule has 0 aliphatic rings. The van der Waals surface area contributed by atoms with E-state index in [0.717, 1.165) is 0 Å². The van der Waals surface area contributed by atoms with Gasteiger partial charge in [-0.1, -0.05) is 6.07 Å². The van der Waals surface area contributed by atoms with E-state index in [9.17, 15) is 13.2 Å². The second-order valence-electron chi connectivity index (χ2n) is 3.96. The molecule has 0 saturated heterocycles. The molecule has 7 heteroatoms. The first kappa shape index (κ1) is 15.0. The molecule has 21 heavy (non-hydrogen) atoms. The number of hydrogen-bond donors (Lipinski definition) is 1. The van der Waals surface area contributed by atoms with E-state index in [-0.39, 0.29) is 5.75 Å². The highest BCUT2D eigenvalue weighted by Crippen LogP contribution is 2.28. The molecule has 0 saturated carbocycles. The first-order valence-corrected chi connectivity index (χ1v) is 5.89. The minimum Gasteiger partial charge on any atom is -0.457 e. The van der Waals surface area contributed by atoms with Crippen LogP contribution in [0.3, 0.4) is 0 Å². The van der Waals surface area contributed by atoms with Gasteiger partial charge in [-0.25, -0.2) is 0 Å². The number of ether oxygens (including phenoxy) is 2. The largest absolute Gasteiger partial charge is 0.573 e. The Hall–Kier alpha value is -2.41. The number of rotatable bonds is 5. The molecule has 0 bridgehead atoms. The molecule has 0 fully saturated rings. The van der Waals surface area contributed by atoms with Gasteiger partial charge < -0.3 is 9.47 Å². The van der Waals surface area contributed by atoms with E-state index in [1.807, 2.05) is 0 Å². The van der Waals surface area contributed by atoms with Crippen molar-refractivity contribution in [3.05, 3.63) is 48.5 Å². The maximum Gasteiger partial charge on any atom is 0.573 e. The molecule has 0 aliphatic carbocycles. The molecule has 0 spiro atoms. The lowest BCUT2D eigenvalue weighted by molar-refractivity contribution is -0.274. The average Bonchev–Trinajstić information content (AvgIpc) is 2.40. The number of halogens is 3. The second kappa shape index (κ2) is 6.36. The van der Waals surface area contributed by atoms with E-state index >= 15 is 0 Å². The fraction of sp³-hybridized carbons (Fsp3) is 0.143. The van der Waals surface area contributed by atoms with Crippen molar-refractivity contribution >= 4 is 5.69 Å². The molecule has 0 aliphatic heterocycles. The maximum absolute atomic E-state index is 12.0. The molecule has 2 aromatic rings. The molecule has 0 amide bonds. The Morgan fingerprint density at radius 2 is 1.57 bits per heavy atom. The molecular formula is C14H12F3NO3. The molecule has 0 unspecified atom stereocenters. The van der Waals surface area contributed by atoms with Crippen LogP contribution in [0.15, 0.2) is 48.5 Å². The molecule has 4 nitrogen and oxygen atoms in total.